The quantitative estimate of drug-likeness (QED) is 0.417. The molecule has 0 aromatic heterocycles. The second kappa shape index (κ2) is 10.9. The molecule has 4 heteroatoms. The standard InChI is InChI=1S/C10H26N4/c1-3-8-14(9-6-12-2)10-7-13-5-4-11/h12-13H,3-11H2,1-2H3. The van der Waals surface area contributed by atoms with Crippen molar-refractivity contribution in [1.29, 1.82) is 0 Å². The van der Waals surface area contributed by atoms with Crippen LogP contribution in [0, 0.1) is 0 Å². The molecule has 0 unspecified atom stereocenters. The number of rotatable bonds is 10. The number of hydrogen-bond acceptors (Lipinski definition) is 4. The van der Waals surface area contributed by atoms with Gasteiger partial charge in [-0.2, -0.15) is 0 Å². The van der Waals surface area contributed by atoms with Gasteiger partial charge in [-0.05, 0) is 20.0 Å². The van der Waals surface area contributed by atoms with Crippen LogP contribution in [0.4, 0.5) is 0 Å². The maximum atomic E-state index is 5.40. The first-order valence-corrected chi connectivity index (χ1v) is 5.62. The van der Waals surface area contributed by atoms with Crippen molar-refractivity contribution in [2.24, 2.45) is 5.73 Å². The lowest BCUT2D eigenvalue weighted by Gasteiger charge is -2.21. The summed E-state index contributed by atoms with van der Waals surface area (Å²) < 4.78 is 0. The molecule has 0 aliphatic heterocycles. The Hall–Kier alpha value is -0.160. The van der Waals surface area contributed by atoms with Gasteiger partial charge in [-0.15, -0.1) is 0 Å². The summed E-state index contributed by atoms with van der Waals surface area (Å²) in [5, 5.41) is 6.49. The van der Waals surface area contributed by atoms with Crippen LogP contribution in [0.1, 0.15) is 13.3 Å². The van der Waals surface area contributed by atoms with E-state index in [1.807, 2.05) is 7.05 Å². The second-order valence-electron chi connectivity index (χ2n) is 3.48. The van der Waals surface area contributed by atoms with Gasteiger partial charge in [0.1, 0.15) is 0 Å². The topological polar surface area (TPSA) is 53.3 Å². The van der Waals surface area contributed by atoms with Crippen LogP contribution in [0.5, 0.6) is 0 Å². The molecule has 0 fully saturated rings. The fourth-order valence-corrected chi connectivity index (χ4v) is 1.39. The minimum absolute atomic E-state index is 0.726. The van der Waals surface area contributed by atoms with Crippen LogP contribution >= 0.6 is 0 Å². The first-order chi connectivity index (χ1) is 6.85. The Kier molecular flexibility index (Phi) is 10.8. The third-order valence-corrected chi connectivity index (χ3v) is 2.14. The zero-order valence-corrected chi connectivity index (χ0v) is 9.68. The van der Waals surface area contributed by atoms with E-state index in [-0.39, 0.29) is 0 Å². The van der Waals surface area contributed by atoms with E-state index in [1.54, 1.807) is 0 Å². The normalized spacial score (nSPS) is 11.1. The van der Waals surface area contributed by atoms with E-state index < -0.39 is 0 Å². The molecular weight excluding hydrogens is 176 g/mol. The molecule has 0 rings (SSSR count). The Bertz CT molecular complexity index is 108. The molecule has 0 aliphatic rings. The Morgan fingerprint density at radius 3 is 2.36 bits per heavy atom. The Labute approximate surface area is 88.2 Å². The molecule has 4 nitrogen and oxygen atoms in total. The van der Waals surface area contributed by atoms with E-state index in [1.165, 1.54) is 13.0 Å². The Morgan fingerprint density at radius 1 is 1.07 bits per heavy atom. The number of nitrogens with zero attached hydrogens (tertiary/aromatic N) is 1. The maximum absolute atomic E-state index is 5.40. The van der Waals surface area contributed by atoms with Crippen LogP contribution in [0.2, 0.25) is 0 Å². The lowest BCUT2D eigenvalue weighted by molar-refractivity contribution is 0.276. The molecule has 0 spiro atoms. The minimum atomic E-state index is 0.726. The van der Waals surface area contributed by atoms with Crippen molar-refractivity contribution in [2.45, 2.75) is 13.3 Å². The summed E-state index contributed by atoms with van der Waals surface area (Å²) in [5.74, 6) is 0. The molecule has 0 saturated heterocycles. The summed E-state index contributed by atoms with van der Waals surface area (Å²) in [4.78, 5) is 2.47. The number of hydrogen-bond donors (Lipinski definition) is 3. The van der Waals surface area contributed by atoms with E-state index in [0.29, 0.717) is 0 Å². The zero-order chi connectivity index (χ0) is 10.6. The molecule has 0 aromatic carbocycles. The average Bonchev–Trinajstić information content (AvgIpc) is 2.20. The van der Waals surface area contributed by atoms with Crippen LogP contribution in [0.25, 0.3) is 0 Å². The van der Waals surface area contributed by atoms with Gasteiger partial charge in [0.25, 0.3) is 0 Å². The highest BCUT2D eigenvalue weighted by Gasteiger charge is 2.01. The molecule has 14 heavy (non-hydrogen) atoms. The zero-order valence-electron chi connectivity index (χ0n) is 9.68. The Morgan fingerprint density at radius 2 is 1.79 bits per heavy atom. The van der Waals surface area contributed by atoms with Crippen LogP contribution in [-0.4, -0.2) is 57.8 Å². The predicted octanol–water partition coefficient (Wildman–Crippen LogP) is -0.534. The van der Waals surface area contributed by atoms with Gasteiger partial charge in [0.2, 0.25) is 0 Å². The summed E-state index contributed by atoms with van der Waals surface area (Å²) in [7, 11) is 2.00. The summed E-state index contributed by atoms with van der Waals surface area (Å²) in [5.41, 5.74) is 5.40. The Balaban J connectivity index is 3.40. The van der Waals surface area contributed by atoms with Gasteiger partial charge in [-0.3, -0.25) is 0 Å². The van der Waals surface area contributed by atoms with Crippen LogP contribution in [0.3, 0.4) is 0 Å². The molecule has 86 valence electrons. The second-order valence-corrected chi connectivity index (χ2v) is 3.48. The highest BCUT2D eigenvalue weighted by molar-refractivity contribution is 4.60. The number of nitrogens with two attached hydrogens (primary N) is 1. The summed E-state index contributed by atoms with van der Waals surface area (Å²) in [6.07, 6.45) is 1.22. The third kappa shape index (κ3) is 8.44. The highest BCUT2D eigenvalue weighted by atomic mass is 15.1. The molecule has 4 N–H and O–H groups in total. The van der Waals surface area contributed by atoms with Crippen LogP contribution in [0.15, 0.2) is 0 Å². The molecule has 0 aromatic rings. The molecule has 0 heterocycles. The molecule has 0 aliphatic carbocycles. The molecular formula is C10H26N4. The average molecular weight is 202 g/mol. The summed E-state index contributed by atoms with van der Waals surface area (Å²) in [6, 6.07) is 0. The van der Waals surface area contributed by atoms with Crippen molar-refractivity contribution < 1.29 is 0 Å². The number of nitrogens with one attached hydrogen (secondary N) is 2. The fraction of sp³-hybridized carbons (Fsp3) is 1.00. The summed E-state index contributed by atoms with van der Waals surface area (Å²) >= 11 is 0. The van der Waals surface area contributed by atoms with Gasteiger partial charge in [-0.25, -0.2) is 0 Å². The van der Waals surface area contributed by atoms with Crippen molar-refractivity contribution in [3.05, 3.63) is 0 Å². The van der Waals surface area contributed by atoms with E-state index in [4.69, 9.17) is 5.73 Å². The van der Waals surface area contributed by atoms with E-state index in [2.05, 4.69) is 22.5 Å². The van der Waals surface area contributed by atoms with E-state index >= 15 is 0 Å². The molecule has 0 bridgehead atoms. The van der Waals surface area contributed by atoms with Crippen molar-refractivity contribution in [3.63, 3.8) is 0 Å². The predicted molar refractivity (Wildman–Crippen MR) is 62.6 cm³/mol. The molecule has 0 atom stereocenters. The fourth-order valence-electron chi connectivity index (χ4n) is 1.39. The highest BCUT2D eigenvalue weighted by Crippen LogP contribution is 1.89. The van der Waals surface area contributed by atoms with Crippen molar-refractivity contribution >= 4 is 0 Å². The van der Waals surface area contributed by atoms with E-state index in [0.717, 1.165) is 39.3 Å². The maximum Gasteiger partial charge on any atom is 0.0107 e. The van der Waals surface area contributed by atoms with Crippen molar-refractivity contribution in [2.75, 3.05) is 52.9 Å². The largest absolute Gasteiger partial charge is 0.329 e. The van der Waals surface area contributed by atoms with E-state index in [9.17, 15) is 0 Å². The first kappa shape index (κ1) is 13.8. The monoisotopic (exact) mass is 202 g/mol. The lowest BCUT2D eigenvalue weighted by Crippen LogP contribution is -2.37. The van der Waals surface area contributed by atoms with Crippen molar-refractivity contribution in [1.82, 2.24) is 15.5 Å². The van der Waals surface area contributed by atoms with Gasteiger partial charge in [0.15, 0.2) is 0 Å². The van der Waals surface area contributed by atoms with Gasteiger partial charge in [0, 0.05) is 39.3 Å². The molecule has 0 saturated carbocycles. The molecule has 0 amide bonds. The van der Waals surface area contributed by atoms with Gasteiger partial charge < -0.3 is 21.3 Å². The van der Waals surface area contributed by atoms with Crippen LogP contribution < -0.4 is 16.4 Å². The third-order valence-electron chi connectivity index (χ3n) is 2.14. The van der Waals surface area contributed by atoms with Crippen LogP contribution in [-0.2, 0) is 0 Å². The minimum Gasteiger partial charge on any atom is -0.329 e. The molecule has 0 radical (unpaired) electrons. The van der Waals surface area contributed by atoms with Gasteiger partial charge >= 0.3 is 0 Å². The van der Waals surface area contributed by atoms with Gasteiger partial charge in [-0.1, -0.05) is 6.92 Å². The summed E-state index contributed by atoms with van der Waals surface area (Å²) in [6.45, 7) is 9.42. The van der Waals surface area contributed by atoms with Crippen molar-refractivity contribution in [3.8, 4) is 0 Å². The lowest BCUT2D eigenvalue weighted by atomic mass is 10.4. The smallest absolute Gasteiger partial charge is 0.0107 e. The first-order valence-electron chi connectivity index (χ1n) is 5.62. The SMILES string of the molecule is CCCN(CCNC)CCNCCN. The number of likely N-dealkylation sites (N-methyl/N-ethyl adjacent to an activating group) is 1. The van der Waals surface area contributed by atoms with Gasteiger partial charge in [0.05, 0.1) is 0 Å².